The number of carbonyl (C=O) groups is 1. The molecule has 0 amide bonds. The van der Waals surface area contributed by atoms with Crippen LogP contribution in [0.4, 0.5) is 4.39 Å². The number of alkyl halides is 1. The summed E-state index contributed by atoms with van der Waals surface area (Å²) in [5.41, 5.74) is 0.712. The van der Waals surface area contributed by atoms with Crippen LogP contribution in [0.3, 0.4) is 0 Å². The van der Waals surface area contributed by atoms with Crippen LogP contribution in [0.1, 0.15) is 18.0 Å². The van der Waals surface area contributed by atoms with Crippen molar-refractivity contribution in [2.75, 3.05) is 13.1 Å². The van der Waals surface area contributed by atoms with Gasteiger partial charge >= 0.3 is 5.97 Å². The first-order valence-corrected chi connectivity index (χ1v) is 5.34. The molecule has 1 saturated heterocycles. The highest BCUT2D eigenvalue weighted by Crippen LogP contribution is 2.26. The zero-order chi connectivity index (χ0) is 11.5. The van der Waals surface area contributed by atoms with Gasteiger partial charge < -0.3 is 5.11 Å². The van der Waals surface area contributed by atoms with Crippen molar-refractivity contribution in [3.63, 3.8) is 0 Å². The van der Waals surface area contributed by atoms with Gasteiger partial charge in [-0.2, -0.15) is 0 Å². The fourth-order valence-corrected chi connectivity index (χ4v) is 2.12. The zero-order valence-corrected chi connectivity index (χ0v) is 8.84. The summed E-state index contributed by atoms with van der Waals surface area (Å²) in [5, 5.41) is 9.21. The lowest BCUT2D eigenvalue weighted by Crippen LogP contribution is -2.32. The van der Waals surface area contributed by atoms with Gasteiger partial charge in [0.2, 0.25) is 0 Å². The Balaban J connectivity index is 2.21. The third kappa shape index (κ3) is 2.22. The number of rotatable bonds is 3. The molecular weight excluding hydrogens is 209 g/mol. The van der Waals surface area contributed by atoms with Crippen molar-refractivity contribution in [3.05, 3.63) is 35.9 Å². The Morgan fingerprint density at radius 1 is 1.44 bits per heavy atom. The standard InChI is InChI=1S/C12H14FNO2/c13-10-6-7-14(8-10)11(12(15)16)9-4-2-1-3-5-9/h1-5,10-11H,6-8H2,(H,15,16)/t10-,11?/m1/s1. The molecule has 4 heteroatoms. The van der Waals surface area contributed by atoms with E-state index in [0.29, 0.717) is 18.5 Å². The quantitative estimate of drug-likeness (QED) is 0.850. The third-order valence-electron chi connectivity index (χ3n) is 2.88. The number of aliphatic carboxylic acids is 1. The Bertz CT molecular complexity index is 369. The molecule has 1 aliphatic heterocycles. The number of carboxylic acids is 1. The molecule has 2 atom stereocenters. The summed E-state index contributed by atoms with van der Waals surface area (Å²) in [6.07, 6.45) is -0.470. The normalized spacial score (nSPS) is 23.2. The maximum Gasteiger partial charge on any atom is 0.325 e. The Kier molecular flexibility index (Phi) is 3.19. The van der Waals surface area contributed by atoms with Gasteiger partial charge in [0.25, 0.3) is 0 Å². The molecule has 0 radical (unpaired) electrons. The second-order valence-corrected chi connectivity index (χ2v) is 4.03. The van der Waals surface area contributed by atoms with Gasteiger partial charge in [-0.25, -0.2) is 4.39 Å². The first-order chi connectivity index (χ1) is 7.68. The van der Waals surface area contributed by atoms with Gasteiger partial charge in [-0.1, -0.05) is 30.3 Å². The molecule has 0 saturated carbocycles. The van der Waals surface area contributed by atoms with E-state index in [1.54, 1.807) is 29.2 Å². The van der Waals surface area contributed by atoms with Crippen molar-refractivity contribution < 1.29 is 14.3 Å². The van der Waals surface area contributed by atoms with E-state index in [2.05, 4.69) is 0 Å². The number of likely N-dealkylation sites (tertiary alicyclic amines) is 1. The molecule has 0 aliphatic carbocycles. The highest BCUT2D eigenvalue weighted by atomic mass is 19.1. The van der Waals surface area contributed by atoms with Crippen molar-refractivity contribution in [2.45, 2.75) is 18.6 Å². The SMILES string of the molecule is O=C(O)C(c1ccccc1)N1CC[C@@H](F)C1. The van der Waals surface area contributed by atoms with Gasteiger partial charge in [-0.05, 0) is 12.0 Å². The minimum atomic E-state index is -0.916. The summed E-state index contributed by atoms with van der Waals surface area (Å²) in [6.45, 7) is 0.721. The van der Waals surface area contributed by atoms with E-state index in [0.717, 1.165) is 0 Å². The van der Waals surface area contributed by atoms with Crippen LogP contribution in [0.2, 0.25) is 0 Å². The molecule has 1 aliphatic rings. The lowest BCUT2D eigenvalue weighted by Gasteiger charge is -2.23. The summed E-state index contributed by atoms with van der Waals surface area (Å²) in [4.78, 5) is 12.9. The van der Waals surface area contributed by atoms with Crippen LogP contribution in [0, 0.1) is 0 Å². The van der Waals surface area contributed by atoms with Crippen molar-refractivity contribution in [1.82, 2.24) is 4.90 Å². The first kappa shape index (κ1) is 11.1. The van der Waals surface area contributed by atoms with E-state index in [1.165, 1.54) is 0 Å². The van der Waals surface area contributed by atoms with Gasteiger partial charge in [-0.3, -0.25) is 9.69 Å². The lowest BCUT2D eigenvalue weighted by molar-refractivity contribution is -0.143. The minimum Gasteiger partial charge on any atom is -0.480 e. The van der Waals surface area contributed by atoms with Crippen LogP contribution < -0.4 is 0 Å². The highest BCUT2D eigenvalue weighted by molar-refractivity contribution is 5.75. The fraction of sp³-hybridized carbons (Fsp3) is 0.417. The number of hydrogen-bond donors (Lipinski definition) is 1. The van der Waals surface area contributed by atoms with Crippen LogP contribution in [-0.2, 0) is 4.79 Å². The average Bonchev–Trinajstić information content (AvgIpc) is 2.66. The van der Waals surface area contributed by atoms with Gasteiger partial charge in [0, 0.05) is 13.1 Å². The second-order valence-electron chi connectivity index (χ2n) is 4.03. The van der Waals surface area contributed by atoms with Crippen LogP contribution in [0.5, 0.6) is 0 Å². The number of hydrogen-bond acceptors (Lipinski definition) is 2. The summed E-state index contributed by atoms with van der Waals surface area (Å²) in [7, 11) is 0. The van der Waals surface area contributed by atoms with E-state index in [-0.39, 0.29) is 6.54 Å². The molecule has 16 heavy (non-hydrogen) atoms. The molecule has 0 bridgehead atoms. The van der Waals surface area contributed by atoms with Crippen molar-refractivity contribution in [1.29, 1.82) is 0 Å². The van der Waals surface area contributed by atoms with Crippen LogP contribution in [0.15, 0.2) is 30.3 Å². The zero-order valence-electron chi connectivity index (χ0n) is 8.84. The molecule has 2 rings (SSSR count). The Morgan fingerprint density at radius 3 is 2.62 bits per heavy atom. The minimum absolute atomic E-state index is 0.214. The lowest BCUT2D eigenvalue weighted by atomic mass is 10.1. The number of benzene rings is 1. The predicted octanol–water partition coefficient (Wildman–Crippen LogP) is 1.86. The molecule has 3 nitrogen and oxygen atoms in total. The average molecular weight is 223 g/mol. The molecule has 0 spiro atoms. The maximum absolute atomic E-state index is 13.1. The summed E-state index contributed by atoms with van der Waals surface area (Å²) < 4.78 is 13.1. The second kappa shape index (κ2) is 4.61. The smallest absolute Gasteiger partial charge is 0.325 e. The van der Waals surface area contributed by atoms with Gasteiger partial charge in [-0.15, -0.1) is 0 Å². The molecule has 1 aromatic carbocycles. The maximum atomic E-state index is 13.1. The predicted molar refractivity (Wildman–Crippen MR) is 57.9 cm³/mol. The summed E-state index contributed by atoms with van der Waals surface area (Å²) in [5.74, 6) is -0.916. The van der Waals surface area contributed by atoms with Crippen molar-refractivity contribution in [3.8, 4) is 0 Å². The third-order valence-corrected chi connectivity index (χ3v) is 2.88. The van der Waals surface area contributed by atoms with Gasteiger partial charge in [0.05, 0.1) is 0 Å². The van der Waals surface area contributed by atoms with Gasteiger partial charge in [0.15, 0.2) is 0 Å². The molecule has 1 unspecified atom stereocenters. The van der Waals surface area contributed by atoms with Crippen LogP contribution in [-0.4, -0.2) is 35.2 Å². The molecule has 1 fully saturated rings. The Labute approximate surface area is 93.5 Å². The van der Waals surface area contributed by atoms with E-state index in [9.17, 15) is 14.3 Å². The monoisotopic (exact) mass is 223 g/mol. The van der Waals surface area contributed by atoms with E-state index in [1.807, 2.05) is 6.07 Å². The van der Waals surface area contributed by atoms with E-state index >= 15 is 0 Å². The largest absolute Gasteiger partial charge is 0.480 e. The highest BCUT2D eigenvalue weighted by Gasteiger charge is 2.33. The molecule has 1 N–H and O–H groups in total. The number of carboxylic acid groups (broad SMARTS) is 1. The Morgan fingerprint density at radius 2 is 2.12 bits per heavy atom. The van der Waals surface area contributed by atoms with Crippen molar-refractivity contribution in [2.24, 2.45) is 0 Å². The topological polar surface area (TPSA) is 40.5 Å². The molecular formula is C12H14FNO2. The summed E-state index contributed by atoms with van der Waals surface area (Å²) >= 11 is 0. The number of halogens is 1. The van der Waals surface area contributed by atoms with Gasteiger partial charge in [0.1, 0.15) is 12.2 Å². The summed E-state index contributed by atoms with van der Waals surface area (Å²) in [6, 6.07) is 8.25. The fourth-order valence-electron chi connectivity index (χ4n) is 2.12. The van der Waals surface area contributed by atoms with Crippen molar-refractivity contribution >= 4 is 5.97 Å². The number of nitrogens with zero attached hydrogens (tertiary/aromatic N) is 1. The molecule has 1 aromatic rings. The molecule has 86 valence electrons. The first-order valence-electron chi connectivity index (χ1n) is 5.34. The Hall–Kier alpha value is -1.42. The van der Waals surface area contributed by atoms with E-state index in [4.69, 9.17) is 0 Å². The molecule has 0 aromatic heterocycles. The van der Waals surface area contributed by atoms with Crippen LogP contribution in [0.25, 0.3) is 0 Å². The van der Waals surface area contributed by atoms with E-state index < -0.39 is 18.2 Å². The van der Waals surface area contributed by atoms with Crippen LogP contribution >= 0.6 is 0 Å². The molecule has 1 heterocycles.